The minimum Gasteiger partial charge on any atom is -0.457 e. The van der Waals surface area contributed by atoms with E-state index < -0.39 is 18.3 Å². The summed E-state index contributed by atoms with van der Waals surface area (Å²) in [5.41, 5.74) is 2.23. The van der Waals surface area contributed by atoms with E-state index in [1.807, 2.05) is 49.4 Å². The van der Waals surface area contributed by atoms with E-state index in [4.69, 9.17) is 18.9 Å². The molecule has 2 N–H and O–H groups in total. The van der Waals surface area contributed by atoms with Crippen LogP contribution in [0.15, 0.2) is 78.9 Å². The highest BCUT2D eigenvalue weighted by molar-refractivity contribution is 5.94. The highest BCUT2D eigenvalue weighted by Gasteiger charge is 2.50. The Morgan fingerprint density at radius 2 is 1.51 bits per heavy atom. The molecule has 8 nitrogen and oxygen atoms in total. The minimum atomic E-state index is -0.605. The van der Waals surface area contributed by atoms with Crippen molar-refractivity contribution in [1.29, 1.82) is 0 Å². The number of fused-ring (bicyclic) bond motifs is 1. The van der Waals surface area contributed by atoms with Crippen molar-refractivity contribution >= 4 is 17.7 Å². The Morgan fingerprint density at radius 1 is 0.829 bits per heavy atom. The van der Waals surface area contributed by atoms with Gasteiger partial charge >= 0.3 is 6.09 Å². The highest BCUT2D eigenvalue weighted by Crippen LogP contribution is 2.30. The Balaban J connectivity index is 1.11. The predicted molar refractivity (Wildman–Crippen MR) is 129 cm³/mol. The van der Waals surface area contributed by atoms with E-state index in [-0.39, 0.29) is 31.3 Å². The predicted octanol–water partition coefficient (Wildman–Crippen LogP) is 4.30. The fraction of sp³-hybridized carbons (Fsp3) is 0.259. The van der Waals surface area contributed by atoms with E-state index in [0.29, 0.717) is 17.0 Å². The molecule has 35 heavy (non-hydrogen) atoms. The molecule has 2 saturated heterocycles. The van der Waals surface area contributed by atoms with Crippen LogP contribution in [0.1, 0.15) is 15.9 Å². The highest BCUT2D eigenvalue weighted by atomic mass is 16.6. The molecule has 2 fully saturated rings. The topological polar surface area (TPSA) is 95.1 Å². The number of benzene rings is 3. The standard InChI is InChI=1S/C27H26N2O6/c1-17-7-9-18(10-8-17)26(30)29-22-15-32-25-23(16-33-24(22)25)35-27(31)28-19-11-13-21(14-12-19)34-20-5-3-2-4-6-20/h2-14,22-25H,15-16H2,1H3,(H,28,31)(H,29,30)/t22-,23+,24+,25+/m0/s1. The van der Waals surface area contributed by atoms with Gasteiger partial charge in [-0.1, -0.05) is 35.9 Å². The first-order valence-corrected chi connectivity index (χ1v) is 11.5. The zero-order chi connectivity index (χ0) is 24.2. The Labute approximate surface area is 203 Å². The summed E-state index contributed by atoms with van der Waals surface area (Å²) in [5, 5.41) is 5.68. The van der Waals surface area contributed by atoms with Gasteiger partial charge in [0.15, 0.2) is 6.10 Å². The van der Waals surface area contributed by atoms with Gasteiger partial charge in [-0.2, -0.15) is 0 Å². The minimum absolute atomic E-state index is 0.190. The van der Waals surface area contributed by atoms with Crippen LogP contribution in [0.3, 0.4) is 0 Å². The number of para-hydroxylation sites is 1. The third-order valence-corrected chi connectivity index (χ3v) is 5.98. The van der Waals surface area contributed by atoms with Gasteiger partial charge in [-0.05, 0) is 55.5 Å². The number of hydrogen-bond acceptors (Lipinski definition) is 6. The summed E-state index contributed by atoms with van der Waals surface area (Å²) >= 11 is 0. The second kappa shape index (κ2) is 10.2. The van der Waals surface area contributed by atoms with Gasteiger partial charge < -0.3 is 24.3 Å². The number of carbonyl (C=O) groups is 2. The van der Waals surface area contributed by atoms with Crippen LogP contribution in [0.25, 0.3) is 0 Å². The molecular formula is C27H26N2O6. The summed E-state index contributed by atoms with van der Waals surface area (Å²) in [4.78, 5) is 25.0. The van der Waals surface area contributed by atoms with Gasteiger partial charge in [0, 0.05) is 11.3 Å². The second-order valence-electron chi connectivity index (χ2n) is 8.55. The molecule has 4 atom stereocenters. The summed E-state index contributed by atoms with van der Waals surface area (Å²) in [5.74, 6) is 1.19. The summed E-state index contributed by atoms with van der Waals surface area (Å²) < 4.78 is 23.0. The first-order valence-electron chi connectivity index (χ1n) is 11.5. The molecule has 2 amide bonds. The molecule has 0 aliphatic carbocycles. The Hall–Kier alpha value is -3.88. The maximum atomic E-state index is 12.6. The molecule has 0 aromatic heterocycles. The van der Waals surface area contributed by atoms with E-state index >= 15 is 0 Å². The number of amides is 2. The van der Waals surface area contributed by atoms with Gasteiger partial charge in [0.2, 0.25) is 0 Å². The Morgan fingerprint density at radius 3 is 2.26 bits per heavy atom. The van der Waals surface area contributed by atoms with Crippen molar-refractivity contribution in [3.05, 3.63) is 90.0 Å². The van der Waals surface area contributed by atoms with Crippen molar-refractivity contribution in [2.24, 2.45) is 0 Å². The lowest BCUT2D eigenvalue weighted by Crippen LogP contribution is -2.44. The molecule has 2 heterocycles. The average molecular weight is 475 g/mol. The van der Waals surface area contributed by atoms with Crippen LogP contribution >= 0.6 is 0 Å². The van der Waals surface area contributed by atoms with Crippen LogP contribution in [-0.4, -0.2) is 49.6 Å². The van der Waals surface area contributed by atoms with Gasteiger partial charge in [-0.3, -0.25) is 10.1 Å². The van der Waals surface area contributed by atoms with Crippen molar-refractivity contribution in [3.8, 4) is 11.5 Å². The lowest BCUT2D eigenvalue weighted by atomic mass is 10.1. The molecule has 2 aliphatic heterocycles. The molecule has 0 unspecified atom stereocenters. The number of hydrogen-bond donors (Lipinski definition) is 2. The van der Waals surface area contributed by atoms with Crippen molar-refractivity contribution in [1.82, 2.24) is 5.32 Å². The quantitative estimate of drug-likeness (QED) is 0.553. The Bertz CT molecular complexity index is 1170. The van der Waals surface area contributed by atoms with E-state index in [1.165, 1.54) is 0 Å². The van der Waals surface area contributed by atoms with E-state index in [0.717, 1.165) is 11.3 Å². The molecule has 180 valence electrons. The first kappa shape index (κ1) is 22.9. The van der Waals surface area contributed by atoms with Crippen LogP contribution in [0, 0.1) is 6.92 Å². The van der Waals surface area contributed by atoms with Crippen LogP contribution in [0.4, 0.5) is 10.5 Å². The summed E-state index contributed by atoms with van der Waals surface area (Å²) in [6.07, 6.45) is -1.99. The normalized spacial score (nSPS) is 22.8. The number of rotatable bonds is 6. The van der Waals surface area contributed by atoms with E-state index in [9.17, 15) is 9.59 Å². The van der Waals surface area contributed by atoms with Gasteiger partial charge in [0.1, 0.15) is 23.7 Å². The monoisotopic (exact) mass is 474 g/mol. The number of ether oxygens (including phenoxy) is 4. The fourth-order valence-corrected chi connectivity index (χ4v) is 4.16. The molecule has 0 saturated carbocycles. The molecule has 2 aliphatic rings. The summed E-state index contributed by atoms with van der Waals surface area (Å²) in [6, 6.07) is 23.5. The first-order chi connectivity index (χ1) is 17.0. The van der Waals surface area contributed by atoms with Crippen molar-refractivity contribution in [3.63, 3.8) is 0 Å². The van der Waals surface area contributed by atoms with Gasteiger partial charge in [0.25, 0.3) is 5.91 Å². The van der Waals surface area contributed by atoms with Crippen LogP contribution in [-0.2, 0) is 14.2 Å². The zero-order valence-corrected chi connectivity index (χ0v) is 19.2. The third kappa shape index (κ3) is 5.45. The maximum absolute atomic E-state index is 12.6. The zero-order valence-electron chi connectivity index (χ0n) is 19.2. The van der Waals surface area contributed by atoms with E-state index in [2.05, 4.69) is 10.6 Å². The smallest absolute Gasteiger partial charge is 0.412 e. The van der Waals surface area contributed by atoms with Crippen LogP contribution < -0.4 is 15.4 Å². The SMILES string of the molecule is Cc1ccc(C(=O)N[C@H]2CO[C@H]3[C@@H]2OC[C@H]3OC(=O)Nc2ccc(Oc3ccccc3)cc2)cc1. The average Bonchev–Trinajstić information content (AvgIpc) is 3.44. The largest absolute Gasteiger partial charge is 0.457 e. The molecule has 0 spiro atoms. The van der Waals surface area contributed by atoms with Crippen LogP contribution in [0.5, 0.6) is 11.5 Å². The number of carbonyl (C=O) groups excluding carboxylic acids is 2. The summed E-state index contributed by atoms with van der Waals surface area (Å²) in [6.45, 7) is 2.45. The Kier molecular flexibility index (Phi) is 6.65. The molecule has 3 aromatic carbocycles. The van der Waals surface area contributed by atoms with Gasteiger partial charge in [-0.15, -0.1) is 0 Å². The maximum Gasteiger partial charge on any atom is 0.412 e. The molecule has 5 rings (SSSR count). The second-order valence-corrected chi connectivity index (χ2v) is 8.55. The third-order valence-electron chi connectivity index (χ3n) is 5.98. The molecule has 3 aromatic rings. The van der Waals surface area contributed by atoms with Gasteiger partial charge in [0.05, 0.1) is 19.3 Å². The van der Waals surface area contributed by atoms with Crippen LogP contribution in [0.2, 0.25) is 0 Å². The lowest BCUT2D eigenvalue weighted by molar-refractivity contribution is 0.00862. The molecule has 8 heteroatoms. The van der Waals surface area contributed by atoms with Crippen molar-refractivity contribution in [2.45, 2.75) is 31.3 Å². The number of anilines is 1. The van der Waals surface area contributed by atoms with E-state index in [1.54, 1.807) is 36.4 Å². The molecular weight excluding hydrogens is 448 g/mol. The van der Waals surface area contributed by atoms with Gasteiger partial charge in [-0.25, -0.2) is 4.79 Å². The lowest BCUT2D eigenvalue weighted by Gasteiger charge is -2.18. The number of aryl methyl sites for hydroxylation is 1. The number of nitrogens with one attached hydrogen (secondary N) is 2. The summed E-state index contributed by atoms with van der Waals surface area (Å²) in [7, 11) is 0. The van der Waals surface area contributed by atoms with Crippen molar-refractivity contribution < 1.29 is 28.5 Å². The fourth-order valence-electron chi connectivity index (χ4n) is 4.16. The molecule has 0 radical (unpaired) electrons. The molecule has 0 bridgehead atoms. The van der Waals surface area contributed by atoms with Crippen molar-refractivity contribution in [2.75, 3.05) is 18.5 Å².